The molecule has 0 unspecified atom stereocenters. The maximum absolute atomic E-state index is 12.1. The quantitative estimate of drug-likeness (QED) is 0.769. The van der Waals surface area contributed by atoms with E-state index in [9.17, 15) is 18.0 Å². The highest BCUT2D eigenvalue weighted by Crippen LogP contribution is 2.24. The van der Waals surface area contributed by atoms with Gasteiger partial charge in [0.1, 0.15) is 6.54 Å². The summed E-state index contributed by atoms with van der Waals surface area (Å²) in [5.41, 5.74) is 0.833. The summed E-state index contributed by atoms with van der Waals surface area (Å²) in [6.07, 6.45) is -0.323. The predicted molar refractivity (Wildman–Crippen MR) is 83.3 cm³/mol. The van der Waals surface area contributed by atoms with Crippen LogP contribution in [0.5, 0.6) is 0 Å². The van der Waals surface area contributed by atoms with Crippen LogP contribution >= 0.6 is 11.8 Å². The van der Waals surface area contributed by atoms with E-state index in [1.807, 2.05) is 16.8 Å². The van der Waals surface area contributed by atoms with E-state index in [1.54, 1.807) is 24.5 Å². The number of halogens is 3. The van der Waals surface area contributed by atoms with Gasteiger partial charge < -0.3 is 9.88 Å². The molecule has 0 spiro atoms. The molecule has 0 aliphatic carbocycles. The van der Waals surface area contributed by atoms with Crippen LogP contribution in [0.2, 0.25) is 0 Å². The minimum atomic E-state index is -4.42. The SMILES string of the molecule is CCCn1c(SCC(=O)NCC(F)(F)F)nnc1-c1ccncc1. The van der Waals surface area contributed by atoms with Crippen molar-refractivity contribution in [3.05, 3.63) is 24.5 Å². The molecule has 1 amide bonds. The number of hydrogen-bond donors (Lipinski definition) is 1. The summed E-state index contributed by atoms with van der Waals surface area (Å²) in [6.45, 7) is 1.29. The predicted octanol–water partition coefficient (Wildman–Crippen LogP) is 2.52. The smallest absolute Gasteiger partial charge is 0.346 e. The van der Waals surface area contributed by atoms with Gasteiger partial charge in [-0.2, -0.15) is 13.2 Å². The van der Waals surface area contributed by atoms with Crippen LogP contribution in [0, 0.1) is 0 Å². The van der Waals surface area contributed by atoms with Gasteiger partial charge in [-0.1, -0.05) is 18.7 Å². The van der Waals surface area contributed by atoms with Crippen LogP contribution in [0.15, 0.2) is 29.7 Å². The fourth-order valence-corrected chi connectivity index (χ4v) is 2.71. The Morgan fingerprint density at radius 1 is 1.29 bits per heavy atom. The molecule has 2 rings (SSSR count). The molecule has 0 bridgehead atoms. The van der Waals surface area contributed by atoms with E-state index in [-0.39, 0.29) is 5.75 Å². The highest BCUT2D eigenvalue weighted by molar-refractivity contribution is 7.99. The summed E-state index contributed by atoms with van der Waals surface area (Å²) in [4.78, 5) is 15.5. The van der Waals surface area contributed by atoms with Crippen molar-refractivity contribution in [3.8, 4) is 11.4 Å². The van der Waals surface area contributed by atoms with Gasteiger partial charge in [0, 0.05) is 24.5 Å². The maximum Gasteiger partial charge on any atom is 0.405 e. The number of amides is 1. The molecule has 2 heterocycles. The molecule has 10 heteroatoms. The number of nitrogens with one attached hydrogen (secondary N) is 1. The van der Waals surface area contributed by atoms with E-state index in [0.717, 1.165) is 23.7 Å². The molecule has 0 atom stereocenters. The van der Waals surface area contributed by atoms with Crippen LogP contribution < -0.4 is 5.32 Å². The number of nitrogens with zero attached hydrogens (tertiary/aromatic N) is 4. The monoisotopic (exact) mass is 359 g/mol. The van der Waals surface area contributed by atoms with Crippen LogP contribution in [0.1, 0.15) is 13.3 Å². The van der Waals surface area contributed by atoms with Gasteiger partial charge in [-0.05, 0) is 18.6 Å². The topological polar surface area (TPSA) is 72.7 Å². The Bertz CT molecular complexity index is 675. The number of carbonyl (C=O) groups is 1. The van der Waals surface area contributed by atoms with Crippen molar-refractivity contribution in [2.45, 2.75) is 31.2 Å². The molecule has 0 aliphatic rings. The Balaban J connectivity index is 2.05. The third kappa shape index (κ3) is 5.22. The Morgan fingerprint density at radius 2 is 2.00 bits per heavy atom. The van der Waals surface area contributed by atoms with Crippen LogP contribution in [0.3, 0.4) is 0 Å². The summed E-state index contributed by atoms with van der Waals surface area (Å²) < 4.78 is 38.1. The number of rotatable bonds is 7. The van der Waals surface area contributed by atoms with Gasteiger partial charge in [-0.3, -0.25) is 9.78 Å². The van der Waals surface area contributed by atoms with Gasteiger partial charge >= 0.3 is 6.18 Å². The van der Waals surface area contributed by atoms with Crippen molar-refractivity contribution in [2.75, 3.05) is 12.3 Å². The third-order valence-electron chi connectivity index (χ3n) is 2.92. The lowest BCUT2D eigenvalue weighted by Gasteiger charge is -2.10. The summed E-state index contributed by atoms with van der Waals surface area (Å²) in [7, 11) is 0. The molecular formula is C14H16F3N5OS. The largest absolute Gasteiger partial charge is 0.405 e. The first-order valence-corrected chi connectivity index (χ1v) is 8.19. The second-order valence-corrected chi connectivity index (χ2v) is 5.82. The van der Waals surface area contributed by atoms with E-state index in [0.29, 0.717) is 17.5 Å². The van der Waals surface area contributed by atoms with Gasteiger partial charge in [-0.25, -0.2) is 0 Å². The molecule has 0 aromatic carbocycles. The van der Waals surface area contributed by atoms with E-state index < -0.39 is 18.6 Å². The van der Waals surface area contributed by atoms with Gasteiger partial charge in [0.05, 0.1) is 5.75 Å². The summed E-state index contributed by atoms with van der Waals surface area (Å²) in [5.74, 6) is -0.222. The molecular weight excluding hydrogens is 343 g/mol. The molecule has 0 saturated heterocycles. The molecule has 0 radical (unpaired) electrons. The molecule has 130 valence electrons. The lowest BCUT2D eigenvalue weighted by Crippen LogP contribution is -2.34. The van der Waals surface area contributed by atoms with Gasteiger partial charge in [0.25, 0.3) is 0 Å². The number of carbonyl (C=O) groups excluding carboxylic acids is 1. The van der Waals surface area contributed by atoms with Crippen LogP contribution in [-0.2, 0) is 11.3 Å². The Labute approximate surface area is 140 Å². The molecule has 2 aromatic rings. The van der Waals surface area contributed by atoms with Gasteiger partial charge in [-0.15, -0.1) is 10.2 Å². The highest BCUT2D eigenvalue weighted by atomic mass is 32.2. The molecule has 0 aliphatic heterocycles. The van der Waals surface area contributed by atoms with Crippen molar-refractivity contribution < 1.29 is 18.0 Å². The standard InChI is InChI=1S/C14H16F3N5OS/c1-2-7-22-12(10-3-5-18-6-4-10)20-21-13(22)24-8-11(23)19-9-14(15,16)17/h3-6H,2,7-9H2,1H3,(H,19,23). The Hall–Kier alpha value is -2.10. The average Bonchev–Trinajstić information content (AvgIpc) is 2.94. The summed E-state index contributed by atoms with van der Waals surface area (Å²) >= 11 is 1.06. The fraction of sp³-hybridized carbons (Fsp3) is 0.429. The highest BCUT2D eigenvalue weighted by Gasteiger charge is 2.27. The number of pyridine rings is 1. The zero-order valence-corrected chi connectivity index (χ0v) is 13.7. The van der Waals surface area contributed by atoms with E-state index in [2.05, 4.69) is 15.2 Å². The first-order chi connectivity index (χ1) is 11.4. The molecule has 6 nitrogen and oxygen atoms in total. The summed E-state index contributed by atoms with van der Waals surface area (Å²) in [6, 6.07) is 3.58. The molecule has 0 fully saturated rings. The maximum atomic E-state index is 12.1. The first-order valence-electron chi connectivity index (χ1n) is 7.20. The normalized spacial score (nSPS) is 11.5. The average molecular weight is 359 g/mol. The van der Waals surface area contributed by atoms with E-state index >= 15 is 0 Å². The Morgan fingerprint density at radius 3 is 2.62 bits per heavy atom. The number of hydrogen-bond acceptors (Lipinski definition) is 5. The molecule has 1 N–H and O–H groups in total. The van der Waals surface area contributed by atoms with Crippen LogP contribution in [-0.4, -0.2) is 44.1 Å². The fourth-order valence-electron chi connectivity index (χ4n) is 1.92. The Kier molecular flexibility index (Phi) is 6.18. The number of thioether (sulfide) groups is 1. The lowest BCUT2D eigenvalue weighted by molar-refractivity contribution is -0.136. The van der Waals surface area contributed by atoms with E-state index in [4.69, 9.17) is 0 Å². The first kappa shape index (κ1) is 18.2. The molecule has 24 heavy (non-hydrogen) atoms. The molecule has 2 aromatic heterocycles. The van der Waals surface area contributed by atoms with Gasteiger partial charge in [0.15, 0.2) is 11.0 Å². The van der Waals surface area contributed by atoms with Gasteiger partial charge in [0.2, 0.25) is 5.91 Å². The minimum absolute atomic E-state index is 0.158. The number of aromatic nitrogens is 4. The van der Waals surface area contributed by atoms with Crippen molar-refractivity contribution in [1.29, 1.82) is 0 Å². The van der Waals surface area contributed by atoms with Crippen molar-refractivity contribution in [1.82, 2.24) is 25.1 Å². The third-order valence-corrected chi connectivity index (χ3v) is 3.89. The van der Waals surface area contributed by atoms with E-state index in [1.165, 1.54) is 0 Å². The second-order valence-electron chi connectivity index (χ2n) is 4.87. The number of alkyl halides is 3. The lowest BCUT2D eigenvalue weighted by atomic mass is 10.2. The van der Waals surface area contributed by atoms with Crippen molar-refractivity contribution in [3.63, 3.8) is 0 Å². The van der Waals surface area contributed by atoms with Crippen LogP contribution in [0.25, 0.3) is 11.4 Å². The zero-order chi connectivity index (χ0) is 17.6. The zero-order valence-electron chi connectivity index (χ0n) is 12.9. The van der Waals surface area contributed by atoms with Crippen molar-refractivity contribution in [2.24, 2.45) is 0 Å². The second kappa shape index (κ2) is 8.13. The van der Waals surface area contributed by atoms with Crippen molar-refractivity contribution >= 4 is 17.7 Å². The van der Waals surface area contributed by atoms with Crippen LogP contribution in [0.4, 0.5) is 13.2 Å². The minimum Gasteiger partial charge on any atom is -0.346 e. The molecule has 0 saturated carbocycles. The summed E-state index contributed by atoms with van der Waals surface area (Å²) in [5, 5.41) is 10.5.